The maximum absolute atomic E-state index is 13.0. The van der Waals surface area contributed by atoms with Gasteiger partial charge in [-0.25, -0.2) is 13.1 Å². The van der Waals surface area contributed by atoms with Crippen molar-refractivity contribution in [3.63, 3.8) is 0 Å². The van der Waals surface area contributed by atoms with Gasteiger partial charge in [-0.2, -0.15) is 0 Å². The number of rotatable bonds is 9. The van der Waals surface area contributed by atoms with Crippen molar-refractivity contribution in [3.05, 3.63) is 94.0 Å². The predicted octanol–water partition coefficient (Wildman–Crippen LogP) is 6.15. The van der Waals surface area contributed by atoms with Crippen LogP contribution in [0.2, 0.25) is 10.0 Å². The van der Waals surface area contributed by atoms with Crippen LogP contribution in [0.1, 0.15) is 30.4 Å². The highest BCUT2D eigenvalue weighted by atomic mass is 35.5. The molecule has 0 amide bonds. The zero-order valence-electron chi connectivity index (χ0n) is 20.6. The van der Waals surface area contributed by atoms with Crippen LogP contribution in [0.15, 0.2) is 77.7 Å². The van der Waals surface area contributed by atoms with Crippen molar-refractivity contribution >= 4 is 33.2 Å². The molecule has 0 radical (unpaired) electrons. The number of aliphatic hydroxyl groups is 1. The first-order valence-corrected chi connectivity index (χ1v) is 14.4. The van der Waals surface area contributed by atoms with Crippen molar-refractivity contribution in [2.45, 2.75) is 61.8 Å². The van der Waals surface area contributed by atoms with E-state index in [9.17, 15) is 26.7 Å². The number of halogens is 5. The Morgan fingerprint density at radius 2 is 1.38 bits per heavy atom. The Morgan fingerprint density at radius 3 is 1.87 bits per heavy atom. The van der Waals surface area contributed by atoms with E-state index in [1.165, 1.54) is 0 Å². The first-order valence-electron chi connectivity index (χ1n) is 12.2. The van der Waals surface area contributed by atoms with Crippen LogP contribution < -0.4 is 9.46 Å². The van der Waals surface area contributed by atoms with Crippen molar-refractivity contribution in [1.82, 2.24) is 9.62 Å². The number of hydrogen-bond acceptors (Lipinski definition) is 5. The fourth-order valence-corrected chi connectivity index (χ4v) is 6.25. The quantitative estimate of drug-likeness (QED) is 0.307. The largest absolute Gasteiger partial charge is 0.573 e. The van der Waals surface area contributed by atoms with Gasteiger partial charge in [0, 0.05) is 35.2 Å². The van der Waals surface area contributed by atoms with Crippen molar-refractivity contribution in [1.29, 1.82) is 0 Å². The molecule has 1 aliphatic rings. The van der Waals surface area contributed by atoms with Crippen LogP contribution in [0.3, 0.4) is 0 Å². The minimum absolute atomic E-state index is 0.231. The summed E-state index contributed by atoms with van der Waals surface area (Å²) in [5, 5.41) is 12.6. The van der Waals surface area contributed by atoms with E-state index in [1.807, 2.05) is 24.3 Å². The van der Waals surface area contributed by atoms with E-state index in [0.717, 1.165) is 35.4 Å². The van der Waals surface area contributed by atoms with Crippen LogP contribution in [-0.2, 0) is 23.1 Å². The summed E-state index contributed by atoms with van der Waals surface area (Å²) in [4.78, 5) is 1.87. The average Bonchev–Trinajstić information content (AvgIpc) is 2.87. The zero-order valence-corrected chi connectivity index (χ0v) is 22.9. The molecule has 3 aromatic rings. The van der Waals surface area contributed by atoms with Gasteiger partial charge in [0.15, 0.2) is 0 Å². The van der Waals surface area contributed by atoms with Crippen LogP contribution in [-0.4, -0.2) is 43.0 Å². The molecule has 0 unspecified atom stereocenters. The third kappa shape index (κ3) is 8.33. The molecule has 3 atom stereocenters. The van der Waals surface area contributed by atoms with Crippen LogP contribution in [0.5, 0.6) is 5.75 Å². The van der Waals surface area contributed by atoms with Gasteiger partial charge in [0.2, 0.25) is 10.0 Å². The van der Waals surface area contributed by atoms with Gasteiger partial charge in [-0.1, -0.05) is 53.9 Å². The molecule has 3 aromatic carbocycles. The second-order valence-electron chi connectivity index (χ2n) is 9.39. The number of hydrogen-bond donors (Lipinski definition) is 2. The summed E-state index contributed by atoms with van der Waals surface area (Å²) in [6, 6.07) is 17.5. The molecule has 0 saturated heterocycles. The van der Waals surface area contributed by atoms with E-state index in [4.69, 9.17) is 23.2 Å². The van der Waals surface area contributed by atoms with Gasteiger partial charge in [-0.05, 0) is 72.5 Å². The van der Waals surface area contributed by atoms with E-state index in [1.54, 1.807) is 24.3 Å². The molecule has 1 aliphatic carbocycles. The molecule has 0 aliphatic heterocycles. The molecular formula is C27H27Cl2F3N2O4S. The van der Waals surface area contributed by atoms with Crippen LogP contribution in [0, 0.1) is 0 Å². The monoisotopic (exact) mass is 602 g/mol. The summed E-state index contributed by atoms with van der Waals surface area (Å²) >= 11 is 12.1. The molecule has 0 bridgehead atoms. The lowest BCUT2D eigenvalue weighted by atomic mass is 9.87. The van der Waals surface area contributed by atoms with Crippen LogP contribution >= 0.6 is 23.2 Å². The number of nitrogens with one attached hydrogen (secondary N) is 1. The van der Waals surface area contributed by atoms with E-state index in [0.29, 0.717) is 42.4 Å². The highest BCUT2D eigenvalue weighted by Gasteiger charge is 2.38. The SMILES string of the molecule is O=S(=O)(N[C@H]1CCC[C@@H](N(Cc2ccc(Cl)cc2)Cc2ccc(Cl)cc2)[C@@H]1O)c1ccc(OC(F)(F)F)cc1. The summed E-state index contributed by atoms with van der Waals surface area (Å²) in [5.74, 6) is -0.528. The Kier molecular flexibility index (Phi) is 9.46. The maximum atomic E-state index is 13.0. The Bertz CT molecular complexity index is 1290. The topological polar surface area (TPSA) is 78.9 Å². The fourth-order valence-electron chi connectivity index (χ4n) is 4.71. The van der Waals surface area contributed by atoms with Gasteiger partial charge in [0.25, 0.3) is 0 Å². The molecule has 39 heavy (non-hydrogen) atoms. The molecular weight excluding hydrogens is 576 g/mol. The Labute approximate surface area is 235 Å². The van der Waals surface area contributed by atoms with Gasteiger partial charge in [0.1, 0.15) is 5.75 Å². The van der Waals surface area contributed by atoms with Crippen molar-refractivity contribution in [2.24, 2.45) is 0 Å². The standard InChI is InChI=1S/C27H27Cl2F3N2O4S/c28-20-8-4-18(5-9-20)16-34(17-19-6-10-21(29)11-7-19)25-3-1-2-24(26(25)35)33-39(36,37)23-14-12-22(13-15-23)38-27(30,31)32/h4-15,24-26,33,35H,1-3,16-17H2/t24-,25+,26+/m0/s1. The number of nitrogens with zero attached hydrogens (tertiary/aromatic N) is 1. The molecule has 210 valence electrons. The van der Waals surface area contributed by atoms with E-state index >= 15 is 0 Å². The smallest absolute Gasteiger partial charge is 0.406 e. The lowest BCUT2D eigenvalue weighted by Gasteiger charge is -2.41. The van der Waals surface area contributed by atoms with Gasteiger partial charge in [-0.3, -0.25) is 4.90 Å². The first-order chi connectivity index (χ1) is 18.4. The van der Waals surface area contributed by atoms with Crippen LogP contribution in [0.4, 0.5) is 13.2 Å². The molecule has 0 heterocycles. The molecule has 2 N–H and O–H groups in total. The molecule has 12 heteroatoms. The predicted molar refractivity (Wildman–Crippen MR) is 143 cm³/mol. The average molecular weight is 603 g/mol. The number of ether oxygens (including phenoxy) is 1. The molecule has 6 nitrogen and oxygen atoms in total. The Hall–Kier alpha value is -2.34. The number of alkyl halides is 3. The third-order valence-electron chi connectivity index (χ3n) is 6.56. The molecule has 4 rings (SSSR count). The van der Waals surface area contributed by atoms with Gasteiger partial charge in [0.05, 0.1) is 11.0 Å². The van der Waals surface area contributed by atoms with Crippen LogP contribution in [0.25, 0.3) is 0 Å². The van der Waals surface area contributed by atoms with Crippen molar-refractivity contribution < 1.29 is 31.4 Å². The summed E-state index contributed by atoms with van der Waals surface area (Å²) in [6.07, 6.45) is -4.22. The third-order valence-corrected chi connectivity index (χ3v) is 8.57. The number of sulfonamides is 1. The number of aliphatic hydroxyl groups excluding tert-OH is 1. The summed E-state index contributed by atoms with van der Waals surface area (Å²) in [6.45, 7) is 0.976. The van der Waals surface area contributed by atoms with Gasteiger partial charge >= 0.3 is 6.36 Å². The Balaban J connectivity index is 1.52. The minimum Gasteiger partial charge on any atom is -0.406 e. The summed E-state index contributed by atoms with van der Waals surface area (Å²) < 4.78 is 69.8. The normalized spacial score (nSPS) is 20.2. The maximum Gasteiger partial charge on any atom is 0.573 e. The Morgan fingerprint density at radius 1 is 0.872 bits per heavy atom. The zero-order chi connectivity index (χ0) is 28.2. The lowest BCUT2D eigenvalue weighted by Crippen LogP contribution is -2.56. The minimum atomic E-state index is -4.89. The second kappa shape index (κ2) is 12.4. The van der Waals surface area contributed by atoms with E-state index < -0.39 is 34.3 Å². The molecule has 1 fully saturated rings. The van der Waals surface area contributed by atoms with E-state index in [2.05, 4.69) is 14.4 Å². The summed E-state index contributed by atoms with van der Waals surface area (Å²) in [5.41, 5.74) is 1.95. The second-order valence-corrected chi connectivity index (χ2v) is 12.0. The highest BCUT2D eigenvalue weighted by molar-refractivity contribution is 7.89. The van der Waals surface area contributed by atoms with Gasteiger partial charge in [-0.15, -0.1) is 13.2 Å². The highest BCUT2D eigenvalue weighted by Crippen LogP contribution is 2.29. The van der Waals surface area contributed by atoms with Crippen molar-refractivity contribution in [2.75, 3.05) is 0 Å². The number of benzene rings is 3. The van der Waals surface area contributed by atoms with E-state index in [-0.39, 0.29) is 10.9 Å². The van der Waals surface area contributed by atoms with Crippen molar-refractivity contribution in [3.8, 4) is 5.75 Å². The molecule has 1 saturated carbocycles. The summed E-state index contributed by atoms with van der Waals surface area (Å²) in [7, 11) is -4.12. The molecule has 0 spiro atoms. The van der Waals surface area contributed by atoms with Gasteiger partial charge < -0.3 is 9.84 Å². The lowest BCUT2D eigenvalue weighted by molar-refractivity contribution is -0.274. The molecule has 0 aromatic heterocycles. The first kappa shape index (κ1) is 29.6. The fraction of sp³-hybridized carbons (Fsp3) is 0.333.